The van der Waals surface area contributed by atoms with Gasteiger partial charge in [0, 0.05) is 56.8 Å². The molecule has 11 nitrogen and oxygen atoms in total. The van der Waals surface area contributed by atoms with Crippen molar-refractivity contribution in [2.24, 2.45) is 0 Å². The summed E-state index contributed by atoms with van der Waals surface area (Å²) in [6.45, 7) is 10.9. The van der Waals surface area contributed by atoms with Crippen LogP contribution in [-0.4, -0.2) is 111 Å². The SMILES string of the molecule is C=C(F)C(=O)N1CCC(OC(=O)N2CCC(Nc3cc(O[C@@H]4CCCN(CC5(F)CC5)C4)nc4c(C(C)C)cnn34)CC2)C1. The number of amides is 2. The molecule has 0 bridgehead atoms. The molecule has 2 atom stereocenters. The Kier molecular flexibility index (Phi) is 8.67. The number of fused-ring (bicyclic) bond motifs is 1. The van der Waals surface area contributed by atoms with Crippen LogP contribution in [-0.2, 0) is 9.53 Å². The van der Waals surface area contributed by atoms with Crippen molar-refractivity contribution in [3.63, 3.8) is 0 Å². The molecule has 1 aliphatic carbocycles. The van der Waals surface area contributed by atoms with Gasteiger partial charge >= 0.3 is 6.09 Å². The molecule has 4 fully saturated rings. The molecule has 1 saturated carbocycles. The maximum Gasteiger partial charge on any atom is 0.410 e. The maximum atomic E-state index is 14.4. The van der Waals surface area contributed by atoms with Gasteiger partial charge in [0.15, 0.2) is 11.5 Å². The number of anilines is 1. The van der Waals surface area contributed by atoms with Gasteiger partial charge in [0.25, 0.3) is 5.91 Å². The number of carbonyl (C=O) groups excluding carboxylic acids is 2. The van der Waals surface area contributed by atoms with E-state index in [1.807, 2.05) is 16.8 Å². The van der Waals surface area contributed by atoms with Crippen molar-refractivity contribution in [3.8, 4) is 5.88 Å². The van der Waals surface area contributed by atoms with Gasteiger partial charge < -0.3 is 24.6 Å². The van der Waals surface area contributed by atoms with Crippen LogP contribution in [0.25, 0.3) is 5.65 Å². The van der Waals surface area contributed by atoms with Crippen LogP contribution in [0.2, 0.25) is 0 Å². The van der Waals surface area contributed by atoms with Gasteiger partial charge in [-0.3, -0.25) is 9.69 Å². The number of likely N-dealkylation sites (tertiary alicyclic amines) is 3. The number of halogens is 2. The van der Waals surface area contributed by atoms with E-state index < -0.39 is 29.6 Å². The number of nitrogens with zero attached hydrogens (tertiary/aromatic N) is 6. The second-order valence-electron chi connectivity index (χ2n) is 13.1. The van der Waals surface area contributed by atoms with Gasteiger partial charge in [-0.05, 0) is 51.0 Å². The Bertz CT molecular complexity index is 1390. The van der Waals surface area contributed by atoms with E-state index in [4.69, 9.17) is 14.5 Å². The van der Waals surface area contributed by atoms with E-state index in [0.29, 0.717) is 70.7 Å². The lowest BCUT2D eigenvalue weighted by Crippen LogP contribution is -2.44. The predicted octanol–water partition coefficient (Wildman–Crippen LogP) is 4.30. The summed E-state index contributed by atoms with van der Waals surface area (Å²) >= 11 is 0. The average molecular weight is 616 g/mol. The molecule has 0 radical (unpaired) electrons. The number of hydrogen-bond donors (Lipinski definition) is 1. The third-order valence-electron chi connectivity index (χ3n) is 9.18. The van der Waals surface area contributed by atoms with Crippen LogP contribution < -0.4 is 10.1 Å². The summed E-state index contributed by atoms with van der Waals surface area (Å²) < 4.78 is 41.5. The van der Waals surface area contributed by atoms with Crippen LogP contribution in [0.4, 0.5) is 19.4 Å². The van der Waals surface area contributed by atoms with Gasteiger partial charge in [-0.15, -0.1) is 0 Å². The summed E-state index contributed by atoms with van der Waals surface area (Å²) in [5, 5.41) is 8.24. The van der Waals surface area contributed by atoms with E-state index in [9.17, 15) is 18.4 Å². The van der Waals surface area contributed by atoms with Crippen LogP contribution >= 0.6 is 0 Å². The summed E-state index contributed by atoms with van der Waals surface area (Å²) in [6, 6.07) is 1.98. The molecule has 2 aromatic rings. The molecule has 2 aromatic heterocycles. The van der Waals surface area contributed by atoms with Gasteiger partial charge in [0.2, 0.25) is 5.88 Å². The van der Waals surface area contributed by atoms with Gasteiger partial charge in [-0.25, -0.2) is 13.6 Å². The minimum Gasteiger partial charge on any atom is -0.473 e. The van der Waals surface area contributed by atoms with Crippen molar-refractivity contribution in [2.75, 3.05) is 51.1 Å². The van der Waals surface area contributed by atoms with Gasteiger partial charge in [0.1, 0.15) is 23.7 Å². The van der Waals surface area contributed by atoms with E-state index in [2.05, 4.69) is 35.7 Å². The maximum absolute atomic E-state index is 14.4. The number of aromatic nitrogens is 3. The summed E-state index contributed by atoms with van der Waals surface area (Å²) in [5.41, 5.74) is 0.753. The third kappa shape index (κ3) is 6.92. The Morgan fingerprint density at radius 3 is 2.55 bits per heavy atom. The first-order valence-electron chi connectivity index (χ1n) is 15.9. The molecule has 13 heteroatoms. The van der Waals surface area contributed by atoms with Crippen molar-refractivity contribution in [1.29, 1.82) is 0 Å². The Morgan fingerprint density at radius 2 is 1.84 bits per heavy atom. The van der Waals surface area contributed by atoms with Crippen molar-refractivity contribution in [2.45, 2.75) is 88.6 Å². The fourth-order valence-electron chi connectivity index (χ4n) is 6.46. The molecule has 4 aliphatic rings. The molecule has 240 valence electrons. The molecule has 1 N–H and O–H groups in total. The zero-order chi connectivity index (χ0) is 31.0. The lowest BCUT2D eigenvalue weighted by molar-refractivity contribution is -0.128. The zero-order valence-electron chi connectivity index (χ0n) is 25.6. The minimum atomic E-state index is -1.02. The summed E-state index contributed by atoms with van der Waals surface area (Å²) in [7, 11) is 0. The number of alkyl halides is 1. The molecule has 2 amide bonds. The van der Waals surface area contributed by atoms with Crippen LogP contribution in [0.15, 0.2) is 24.7 Å². The molecular formula is C31H43F2N7O4. The highest BCUT2D eigenvalue weighted by Gasteiger charge is 2.45. The molecule has 0 aromatic carbocycles. The summed E-state index contributed by atoms with van der Waals surface area (Å²) in [6.07, 6.45) is 5.96. The van der Waals surface area contributed by atoms with Crippen molar-refractivity contribution < 1.29 is 27.8 Å². The Balaban J connectivity index is 1.07. The number of carbonyl (C=O) groups is 2. The van der Waals surface area contributed by atoms with Crippen LogP contribution in [0.5, 0.6) is 5.88 Å². The lowest BCUT2D eigenvalue weighted by atomic mass is 10.1. The molecule has 44 heavy (non-hydrogen) atoms. The molecule has 6 rings (SSSR count). The smallest absolute Gasteiger partial charge is 0.410 e. The summed E-state index contributed by atoms with van der Waals surface area (Å²) in [4.78, 5) is 34.7. The van der Waals surface area contributed by atoms with E-state index in [-0.39, 0.29) is 24.6 Å². The largest absolute Gasteiger partial charge is 0.473 e. The molecule has 5 heterocycles. The third-order valence-corrected chi connectivity index (χ3v) is 9.18. The minimum absolute atomic E-state index is 0.0607. The first-order valence-corrected chi connectivity index (χ1v) is 15.9. The van der Waals surface area contributed by atoms with E-state index in [1.54, 1.807) is 4.90 Å². The lowest BCUT2D eigenvalue weighted by Gasteiger charge is -2.34. The highest BCUT2D eigenvalue weighted by atomic mass is 19.1. The monoisotopic (exact) mass is 615 g/mol. The zero-order valence-corrected chi connectivity index (χ0v) is 25.6. The van der Waals surface area contributed by atoms with E-state index >= 15 is 0 Å². The number of piperidine rings is 2. The topological polar surface area (TPSA) is 105 Å². The second kappa shape index (κ2) is 12.5. The number of ether oxygens (including phenoxy) is 2. The van der Waals surface area contributed by atoms with Gasteiger partial charge in [0.05, 0.1) is 12.7 Å². The normalized spacial score (nSPS) is 24.1. The number of hydrogen-bond acceptors (Lipinski definition) is 8. The number of rotatable bonds is 9. The molecule has 3 saturated heterocycles. The first kappa shape index (κ1) is 30.5. The second-order valence-corrected chi connectivity index (χ2v) is 13.1. The first-order chi connectivity index (χ1) is 21.1. The highest BCUT2D eigenvalue weighted by molar-refractivity contribution is 5.90. The van der Waals surface area contributed by atoms with E-state index in [1.165, 1.54) is 4.90 Å². The Morgan fingerprint density at radius 1 is 1.09 bits per heavy atom. The highest BCUT2D eigenvalue weighted by Crippen LogP contribution is 2.41. The van der Waals surface area contributed by atoms with Crippen molar-refractivity contribution in [3.05, 3.63) is 30.2 Å². The summed E-state index contributed by atoms with van der Waals surface area (Å²) in [5.74, 6) is -0.236. The Labute approximate surface area is 256 Å². The fourth-order valence-corrected chi connectivity index (χ4v) is 6.46. The van der Waals surface area contributed by atoms with Crippen LogP contribution in [0, 0.1) is 0 Å². The van der Waals surface area contributed by atoms with Crippen molar-refractivity contribution >= 4 is 23.5 Å². The van der Waals surface area contributed by atoms with E-state index in [0.717, 1.165) is 36.4 Å². The average Bonchev–Trinajstić information content (AvgIpc) is 3.34. The molecule has 0 spiro atoms. The molecule has 1 unspecified atom stereocenters. The Hall–Kier alpha value is -3.48. The fraction of sp³-hybridized carbons (Fsp3) is 0.677. The molecular weight excluding hydrogens is 572 g/mol. The quantitative estimate of drug-likeness (QED) is 0.417. The molecule has 3 aliphatic heterocycles. The van der Waals surface area contributed by atoms with Crippen molar-refractivity contribution in [1.82, 2.24) is 29.3 Å². The predicted molar refractivity (Wildman–Crippen MR) is 160 cm³/mol. The van der Waals surface area contributed by atoms with Gasteiger partial charge in [-0.2, -0.15) is 14.6 Å². The van der Waals surface area contributed by atoms with Crippen LogP contribution in [0.3, 0.4) is 0 Å². The van der Waals surface area contributed by atoms with Crippen LogP contribution in [0.1, 0.15) is 70.3 Å². The number of nitrogens with one attached hydrogen (secondary N) is 1. The van der Waals surface area contributed by atoms with Gasteiger partial charge in [-0.1, -0.05) is 20.4 Å². The standard InChI is InChI=1S/C31H43F2N7O4/c1-20(2)25-16-34-40-26(15-27(36-28(25)40)43-23-5-4-11-37(17-23)19-31(33)9-10-31)35-22-6-12-38(13-7-22)30(42)44-24-8-14-39(18-24)29(41)21(3)32/h15-16,20,22-24,35H,3-14,17-19H2,1-2H3/t23-,24?/m1/s1.